The minimum absolute atomic E-state index is 0.0898. The number of aromatic carboxylic acids is 1. The molecule has 0 spiro atoms. The highest BCUT2D eigenvalue weighted by molar-refractivity contribution is 6.33. The van der Waals surface area contributed by atoms with Gasteiger partial charge in [0, 0.05) is 22.2 Å². The molecule has 0 aliphatic rings. The van der Waals surface area contributed by atoms with Crippen LogP contribution in [0.1, 0.15) is 10.5 Å². The van der Waals surface area contributed by atoms with E-state index in [-0.39, 0.29) is 5.69 Å². The van der Waals surface area contributed by atoms with Crippen molar-refractivity contribution in [3.8, 4) is 28.3 Å². The van der Waals surface area contributed by atoms with Crippen LogP contribution in [0.25, 0.3) is 28.2 Å². The molecular formula is C20H14ClN3O3. The highest BCUT2D eigenvalue weighted by Crippen LogP contribution is 2.34. The number of hydrogen-bond acceptors (Lipinski definition) is 4. The monoisotopic (exact) mass is 379 g/mol. The van der Waals surface area contributed by atoms with Crippen LogP contribution in [0.15, 0.2) is 60.7 Å². The van der Waals surface area contributed by atoms with E-state index in [2.05, 4.69) is 10.1 Å². The number of carboxylic acids is 1. The fourth-order valence-electron chi connectivity index (χ4n) is 2.93. The summed E-state index contributed by atoms with van der Waals surface area (Å²) in [6, 6.07) is 18.1. The van der Waals surface area contributed by atoms with E-state index in [0.717, 1.165) is 11.1 Å². The molecule has 0 saturated heterocycles. The molecule has 7 heteroatoms. The van der Waals surface area contributed by atoms with E-state index in [1.54, 1.807) is 13.2 Å². The fourth-order valence-corrected chi connectivity index (χ4v) is 3.17. The van der Waals surface area contributed by atoms with E-state index in [1.165, 1.54) is 10.6 Å². The zero-order chi connectivity index (χ0) is 19.0. The van der Waals surface area contributed by atoms with Crippen molar-refractivity contribution in [3.63, 3.8) is 0 Å². The fraction of sp³-hybridized carbons (Fsp3) is 0.0500. The Morgan fingerprint density at radius 1 is 1.07 bits per heavy atom. The Hall–Kier alpha value is -3.38. The molecule has 134 valence electrons. The van der Waals surface area contributed by atoms with Crippen LogP contribution < -0.4 is 4.74 Å². The van der Waals surface area contributed by atoms with Crippen LogP contribution in [0.5, 0.6) is 5.75 Å². The number of carbonyl (C=O) groups is 1. The minimum atomic E-state index is -1.12. The van der Waals surface area contributed by atoms with Crippen LogP contribution in [-0.2, 0) is 0 Å². The van der Waals surface area contributed by atoms with E-state index in [9.17, 15) is 9.90 Å². The first-order chi connectivity index (χ1) is 13.1. The number of ether oxygens (including phenoxy) is 1. The number of rotatable bonds is 4. The number of aromatic nitrogens is 3. The van der Waals surface area contributed by atoms with Crippen LogP contribution in [0.2, 0.25) is 5.02 Å². The molecule has 0 bridgehead atoms. The molecule has 0 saturated carbocycles. The molecule has 2 aromatic carbocycles. The lowest BCUT2D eigenvalue weighted by molar-refractivity contribution is 0.0690. The Bertz CT molecular complexity index is 1170. The molecule has 0 radical (unpaired) electrons. The Morgan fingerprint density at radius 2 is 1.78 bits per heavy atom. The average Bonchev–Trinajstić information content (AvgIpc) is 3.12. The molecular weight excluding hydrogens is 366 g/mol. The van der Waals surface area contributed by atoms with Gasteiger partial charge in [0.15, 0.2) is 11.3 Å². The summed E-state index contributed by atoms with van der Waals surface area (Å²) in [7, 11) is 1.59. The second-order valence-electron chi connectivity index (χ2n) is 5.81. The first kappa shape index (κ1) is 17.1. The molecule has 0 atom stereocenters. The van der Waals surface area contributed by atoms with E-state index in [1.807, 2.05) is 48.5 Å². The summed E-state index contributed by atoms with van der Waals surface area (Å²) >= 11 is 6.38. The van der Waals surface area contributed by atoms with Gasteiger partial charge in [0.1, 0.15) is 5.75 Å². The predicted octanol–water partition coefficient (Wildman–Crippen LogP) is 4.42. The molecule has 0 fully saturated rings. The van der Waals surface area contributed by atoms with E-state index in [4.69, 9.17) is 16.3 Å². The van der Waals surface area contributed by atoms with E-state index < -0.39 is 5.97 Å². The summed E-state index contributed by atoms with van der Waals surface area (Å²) in [5, 5.41) is 14.0. The smallest absolute Gasteiger partial charge is 0.356 e. The van der Waals surface area contributed by atoms with Gasteiger partial charge < -0.3 is 9.84 Å². The van der Waals surface area contributed by atoms with Crippen molar-refractivity contribution >= 4 is 23.2 Å². The van der Waals surface area contributed by atoms with E-state index in [0.29, 0.717) is 27.8 Å². The molecule has 0 unspecified atom stereocenters. The first-order valence-electron chi connectivity index (χ1n) is 8.11. The van der Waals surface area contributed by atoms with Gasteiger partial charge in [-0.15, -0.1) is 0 Å². The van der Waals surface area contributed by atoms with Crippen molar-refractivity contribution in [2.45, 2.75) is 0 Å². The third-order valence-electron chi connectivity index (χ3n) is 4.18. The van der Waals surface area contributed by atoms with Crippen molar-refractivity contribution < 1.29 is 14.6 Å². The molecule has 6 nitrogen and oxygen atoms in total. The van der Waals surface area contributed by atoms with Gasteiger partial charge >= 0.3 is 5.97 Å². The maximum absolute atomic E-state index is 11.4. The summed E-state index contributed by atoms with van der Waals surface area (Å²) in [6.45, 7) is 0. The second kappa shape index (κ2) is 6.74. The summed E-state index contributed by atoms with van der Waals surface area (Å²) in [6.07, 6.45) is 0. The number of halogens is 1. The highest BCUT2D eigenvalue weighted by atomic mass is 35.5. The Labute approximate surface area is 159 Å². The van der Waals surface area contributed by atoms with Gasteiger partial charge in [-0.25, -0.2) is 14.3 Å². The first-order valence-corrected chi connectivity index (χ1v) is 8.48. The SMILES string of the molecule is COc1ccccc1-c1cc(-c2ccccc2Cl)n2nc(C(=O)O)cc2n1. The predicted molar refractivity (Wildman–Crippen MR) is 102 cm³/mol. The third-order valence-corrected chi connectivity index (χ3v) is 4.51. The van der Waals surface area contributed by atoms with Gasteiger partial charge in [0.05, 0.1) is 18.5 Å². The van der Waals surface area contributed by atoms with Gasteiger partial charge in [-0.1, -0.05) is 41.9 Å². The van der Waals surface area contributed by atoms with Crippen molar-refractivity contribution in [3.05, 3.63) is 71.4 Å². The number of methoxy groups -OCH3 is 1. The molecule has 2 heterocycles. The number of hydrogen-bond donors (Lipinski definition) is 1. The Balaban J connectivity index is 2.05. The van der Waals surface area contributed by atoms with Gasteiger partial charge in [0.25, 0.3) is 0 Å². The van der Waals surface area contributed by atoms with Crippen molar-refractivity contribution in [1.29, 1.82) is 0 Å². The maximum Gasteiger partial charge on any atom is 0.356 e. The van der Waals surface area contributed by atoms with Gasteiger partial charge in [-0.3, -0.25) is 0 Å². The van der Waals surface area contributed by atoms with Gasteiger partial charge in [0.2, 0.25) is 0 Å². The molecule has 27 heavy (non-hydrogen) atoms. The number of nitrogens with zero attached hydrogens (tertiary/aromatic N) is 3. The zero-order valence-electron chi connectivity index (χ0n) is 14.3. The highest BCUT2D eigenvalue weighted by Gasteiger charge is 2.18. The van der Waals surface area contributed by atoms with Crippen LogP contribution in [0.3, 0.4) is 0 Å². The van der Waals surface area contributed by atoms with Crippen molar-refractivity contribution in [1.82, 2.24) is 14.6 Å². The zero-order valence-corrected chi connectivity index (χ0v) is 15.0. The molecule has 1 N–H and O–H groups in total. The minimum Gasteiger partial charge on any atom is -0.496 e. The van der Waals surface area contributed by atoms with Gasteiger partial charge in [-0.05, 0) is 24.3 Å². The molecule has 0 amide bonds. The van der Waals surface area contributed by atoms with Crippen molar-refractivity contribution in [2.24, 2.45) is 0 Å². The molecule has 2 aromatic heterocycles. The van der Waals surface area contributed by atoms with Crippen molar-refractivity contribution in [2.75, 3.05) is 7.11 Å². The Kier molecular flexibility index (Phi) is 4.25. The lowest BCUT2D eigenvalue weighted by atomic mass is 10.1. The molecule has 0 aliphatic heterocycles. The summed E-state index contributed by atoms with van der Waals surface area (Å²) < 4.78 is 6.93. The average molecular weight is 380 g/mol. The molecule has 0 aliphatic carbocycles. The molecule has 4 rings (SSSR count). The topological polar surface area (TPSA) is 76.7 Å². The van der Waals surface area contributed by atoms with Crippen LogP contribution >= 0.6 is 11.6 Å². The summed E-state index contributed by atoms with van der Waals surface area (Å²) in [5.41, 5.74) is 3.10. The quantitative estimate of drug-likeness (QED) is 0.567. The number of carboxylic acid groups (broad SMARTS) is 1. The standard InChI is InChI=1S/C20H14ClN3O3/c1-27-18-9-5-3-7-13(18)15-10-17(12-6-2-4-8-14(12)21)24-19(22-15)11-16(23-24)20(25)26/h2-11H,1H3,(H,25,26). The Morgan fingerprint density at radius 3 is 2.48 bits per heavy atom. The lowest BCUT2D eigenvalue weighted by Crippen LogP contribution is -2.01. The molecule has 4 aromatic rings. The van der Waals surface area contributed by atoms with Crippen LogP contribution in [-0.4, -0.2) is 32.8 Å². The van der Waals surface area contributed by atoms with Gasteiger partial charge in [-0.2, -0.15) is 5.10 Å². The normalized spacial score (nSPS) is 10.9. The largest absolute Gasteiger partial charge is 0.496 e. The summed E-state index contributed by atoms with van der Waals surface area (Å²) in [5.74, 6) is -0.457. The number of benzene rings is 2. The van der Waals surface area contributed by atoms with E-state index >= 15 is 0 Å². The second-order valence-corrected chi connectivity index (χ2v) is 6.22. The number of para-hydroxylation sites is 1. The third kappa shape index (κ3) is 3.00. The lowest BCUT2D eigenvalue weighted by Gasteiger charge is -2.12. The maximum atomic E-state index is 11.4. The number of fused-ring (bicyclic) bond motifs is 1. The van der Waals surface area contributed by atoms with Crippen LogP contribution in [0, 0.1) is 0 Å². The van der Waals surface area contributed by atoms with Crippen LogP contribution in [0.4, 0.5) is 0 Å². The summed E-state index contributed by atoms with van der Waals surface area (Å²) in [4.78, 5) is 16.0.